The van der Waals surface area contributed by atoms with E-state index in [1.165, 1.54) is 19.1 Å². The second kappa shape index (κ2) is 4.36. The van der Waals surface area contributed by atoms with Crippen molar-refractivity contribution in [2.45, 2.75) is 39.3 Å². The Morgan fingerprint density at radius 1 is 1.31 bits per heavy atom. The zero-order valence-corrected chi connectivity index (χ0v) is 9.65. The van der Waals surface area contributed by atoms with E-state index in [-0.39, 0.29) is 11.5 Å². The van der Waals surface area contributed by atoms with Gasteiger partial charge in [0.25, 0.3) is 0 Å². The van der Waals surface area contributed by atoms with Gasteiger partial charge in [-0.25, -0.2) is 0 Å². The van der Waals surface area contributed by atoms with Gasteiger partial charge in [0.15, 0.2) is 0 Å². The van der Waals surface area contributed by atoms with Crippen molar-refractivity contribution >= 4 is 5.69 Å². The summed E-state index contributed by atoms with van der Waals surface area (Å²) in [5, 5.41) is 0. The molecule has 1 nitrogen and oxygen atoms in total. The van der Waals surface area contributed by atoms with Crippen LogP contribution in [-0.2, 0) is 6.18 Å². The van der Waals surface area contributed by atoms with Gasteiger partial charge in [-0.3, -0.25) is 0 Å². The minimum Gasteiger partial charge on any atom is -0.399 e. The summed E-state index contributed by atoms with van der Waals surface area (Å²) in [6, 6.07) is 2.80. The van der Waals surface area contributed by atoms with Gasteiger partial charge < -0.3 is 5.73 Å². The number of hydrogen-bond acceptors (Lipinski definition) is 1. The Kier molecular flexibility index (Phi) is 3.51. The quantitative estimate of drug-likeness (QED) is 0.761. The van der Waals surface area contributed by atoms with Crippen molar-refractivity contribution in [1.29, 1.82) is 0 Å². The number of rotatable bonds is 2. The van der Waals surface area contributed by atoms with E-state index in [0.717, 1.165) is 0 Å². The Labute approximate surface area is 93.5 Å². The average molecular weight is 231 g/mol. The van der Waals surface area contributed by atoms with Crippen molar-refractivity contribution < 1.29 is 13.2 Å². The smallest absolute Gasteiger partial charge is 0.399 e. The minimum absolute atomic E-state index is 0.140. The number of aryl methyl sites for hydroxylation is 1. The molecule has 0 spiro atoms. The van der Waals surface area contributed by atoms with Crippen molar-refractivity contribution in [3.63, 3.8) is 0 Å². The molecule has 0 aliphatic carbocycles. The van der Waals surface area contributed by atoms with Gasteiger partial charge in [-0.05, 0) is 42.5 Å². The van der Waals surface area contributed by atoms with Crippen LogP contribution in [0.2, 0.25) is 0 Å². The molecule has 90 valence electrons. The van der Waals surface area contributed by atoms with Gasteiger partial charge >= 0.3 is 6.18 Å². The third-order valence-corrected chi connectivity index (χ3v) is 2.82. The van der Waals surface area contributed by atoms with E-state index in [0.29, 0.717) is 17.7 Å². The van der Waals surface area contributed by atoms with Crippen molar-refractivity contribution in [3.05, 3.63) is 28.8 Å². The molecule has 1 rings (SSSR count). The maximum Gasteiger partial charge on any atom is 0.416 e. The van der Waals surface area contributed by atoms with Crippen LogP contribution in [0.1, 0.15) is 42.9 Å². The molecule has 0 fully saturated rings. The summed E-state index contributed by atoms with van der Waals surface area (Å²) in [4.78, 5) is 0. The van der Waals surface area contributed by atoms with Crippen molar-refractivity contribution in [2.75, 3.05) is 5.73 Å². The molecule has 0 amide bonds. The van der Waals surface area contributed by atoms with Crippen molar-refractivity contribution in [2.24, 2.45) is 0 Å². The summed E-state index contributed by atoms with van der Waals surface area (Å²) in [6.45, 7) is 5.10. The second-order valence-corrected chi connectivity index (χ2v) is 4.11. The highest BCUT2D eigenvalue weighted by Gasteiger charge is 2.36. The zero-order valence-electron chi connectivity index (χ0n) is 9.65. The summed E-state index contributed by atoms with van der Waals surface area (Å²) in [5.74, 6) is -0.140. The fraction of sp³-hybridized carbons (Fsp3) is 0.500. The summed E-state index contributed by atoms with van der Waals surface area (Å²) in [5.41, 5.74) is 5.95. The largest absolute Gasteiger partial charge is 0.416 e. The zero-order chi connectivity index (χ0) is 12.5. The third-order valence-electron chi connectivity index (χ3n) is 2.82. The number of nitrogens with two attached hydrogens (primary N) is 1. The van der Waals surface area contributed by atoms with E-state index >= 15 is 0 Å². The summed E-state index contributed by atoms with van der Waals surface area (Å²) < 4.78 is 38.7. The first kappa shape index (κ1) is 12.9. The first-order chi connectivity index (χ1) is 7.27. The molecule has 0 aliphatic rings. The first-order valence-electron chi connectivity index (χ1n) is 5.24. The molecular formula is C12H16F3N. The summed E-state index contributed by atoms with van der Waals surface area (Å²) in [6.07, 6.45) is -3.65. The van der Waals surface area contributed by atoms with Crippen LogP contribution < -0.4 is 5.73 Å². The number of anilines is 1. The molecule has 0 radical (unpaired) electrons. The van der Waals surface area contributed by atoms with Gasteiger partial charge in [0.1, 0.15) is 0 Å². The van der Waals surface area contributed by atoms with E-state index in [2.05, 4.69) is 0 Å². The number of benzene rings is 1. The molecule has 16 heavy (non-hydrogen) atoms. The normalized spacial score (nSPS) is 13.9. The lowest BCUT2D eigenvalue weighted by atomic mass is 9.90. The lowest BCUT2D eigenvalue weighted by Gasteiger charge is -2.20. The van der Waals surface area contributed by atoms with Gasteiger partial charge in [-0.2, -0.15) is 13.2 Å². The standard InChI is InChI=1S/C12H16F3N/c1-4-7(2)10-6-9(16)5-8(3)11(10)12(13,14)15/h5-7H,4,16H2,1-3H3. The highest BCUT2D eigenvalue weighted by Crippen LogP contribution is 2.39. The molecule has 1 atom stereocenters. The van der Waals surface area contributed by atoms with Crippen LogP contribution >= 0.6 is 0 Å². The van der Waals surface area contributed by atoms with Gasteiger partial charge in [0, 0.05) is 5.69 Å². The molecule has 0 saturated carbocycles. The van der Waals surface area contributed by atoms with Gasteiger partial charge in [-0.1, -0.05) is 13.8 Å². The van der Waals surface area contributed by atoms with E-state index in [1.54, 1.807) is 6.92 Å². The fourth-order valence-electron chi connectivity index (χ4n) is 1.84. The van der Waals surface area contributed by atoms with Crippen molar-refractivity contribution in [1.82, 2.24) is 0 Å². The molecule has 4 heteroatoms. The SMILES string of the molecule is CCC(C)c1cc(N)cc(C)c1C(F)(F)F. The number of nitrogen functional groups attached to an aromatic ring is 1. The minimum atomic E-state index is -4.31. The molecule has 0 bridgehead atoms. The number of alkyl halides is 3. The number of halogens is 3. The van der Waals surface area contributed by atoms with E-state index in [4.69, 9.17) is 5.73 Å². The van der Waals surface area contributed by atoms with Gasteiger partial charge in [-0.15, -0.1) is 0 Å². The van der Waals surface area contributed by atoms with Crippen LogP contribution in [0.3, 0.4) is 0 Å². The maximum atomic E-state index is 12.9. The highest BCUT2D eigenvalue weighted by molar-refractivity contribution is 5.51. The Balaban J connectivity index is 3.44. The summed E-state index contributed by atoms with van der Waals surface area (Å²) in [7, 11) is 0. The predicted octanol–water partition coefficient (Wildman–Crippen LogP) is 4.11. The first-order valence-corrected chi connectivity index (χ1v) is 5.24. The predicted molar refractivity (Wildman–Crippen MR) is 59.3 cm³/mol. The van der Waals surface area contributed by atoms with E-state index < -0.39 is 11.7 Å². The van der Waals surface area contributed by atoms with Crippen LogP contribution in [0.5, 0.6) is 0 Å². The molecule has 1 aromatic rings. The Morgan fingerprint density at radius 3 is 2.31 bits per heavy atom. The second-order valence-electron chi connectivity index (χ2n) is 4.11. The van der Waals surface area contributed by atoms with Gasteiger partial charge in [0.2, 0.25) is 0 Å². The number of hydrogen-bond donors (Lipinski definition) is 1. The fourth-order valence-corrected chi connectivity index (χ4v) is 1.84. The van der Waals surface area contributed by atoms with E-state index in [1.807, 2.05) is 6.92 Å². The highest BCUT2D eigenvalue weighted by atomic mass is 19.4. The lowest BCUT2D eigenvalue weighted by molar-refractivity contribution is -0.138. The molecule has 1 aromatic carbocycles. The Hall–Kier alpha value is -1.19. The molecule has 0 saturated heterocycles. The Morgan fingerprint density at radius 2 is 1.88 bits per heavy atom. The monoisotopic (exact) mass is 231 g/mol. The van der Waals surface area contributed by atoms with Gasteiger partial charge in [0.05, 0.1) is 5.56 Å². The Bertz CT molecular complexity index is 383. The van der Waals surface area contributed by atoms with Crippen LogP contribution in [0.25, 0.3) is 0 Å². The maximum absolute atomic E-state index is 12.9. The molecule has 0 aromatic heterocycles. The molecule has 2 N–H and O–H groups in total. The third kappa shape index (κ3) is 2.49. The molecule has 0 heterocycles. The average Bonchev–Trinajstić information content (AvgIpc) is 2.12. The van der Waals surface area contributed by atoms with Crippen LogP contribution in [0.15, 0.2) is 12.1 Å². The van der Waals surface area contributed by atoms with E-state index in [9.17, 15) is 13.2 Å². The summed E-state index contributed by atoms with van der Waals surface area (Å²) >= 11 is 0. The lowest BCUT2D eigenvalue weighted by Crippen LogP contribution is -2.13. The van der Waals surface area contributed by atoms with Crippen LogP contribution in [0.4, 0.5) is 18.9 Å². The van der Waals surface area contributed by atoms with Crippen LogP contribution in [0, 0.1) is 6.92 Å². The molecular weight excluding hydrogens is 215 g/mol. The van der Waals surface area contributed by atoms with Crippen LogP contribution in [-0.4, -0.2) is 0 Å². The molecule has 1 unspecified atom stereocenters. The van der Waals surface area contributed by atoms with Crippen molar-refractivity contribution in [3.8, 4) is 0 Å². The topological polar surface area (TPSA) is 26.0 Å². The molecule has 0 aliphatic heterocycles.